The lowest BCUT2D eigenvalue weighted by molar-refractivity contribution is 0.0945. The van der Waals surface area contributed by atoms with Gasteiger partial charge in [-0.25, -0.2) is 4.79 Å². The Bertz CT molecular complexity index is 205. The molecule has 1 heterocycles. The molecule has 1 rings (SSSR count). The first kappa shape index (κ1) is 11.3. The Morgan fingerprint density at radius 2 is 2.21 bits per heavy atom. The van der Waals surface area contributed by atoms with Gasteiger partial charge < -0.3 is 15.3 Å². The van der Waals surface area contributed by atoms with Crippen LogP contribution >= 0.6 is 0 Å². The summed E-state index contributed by atoms with van der Waals surface area (Å²) in [4.78, 5) is 12.5. The average molecular weight is 200 g/mol. The highest BCUT2D eigenvalue weighted by atomic mass is 16.4. The van der Waals surface area contributed by atoms with Gasteiger partial charge in [0.05, 0.1) is 0 Å². The molecule has 0 radical (unpaired) electrons. The fourth-order valence-electron chi connectivity index (χ4n) is 1.77. The van der Waals surface area contributed by atoms with Crippen molar-refractivity contribution in [1.29, 1.82) is 0 Å². The number of nitrogens with one attached hydrogen (secondary N) is 1. The van der Waals surface area contributed by atoms with Crippen molar-refractivity contribution in [2.24, 2.45) is 0 Å². The predicted octanol–water partition coefficient (Wildman–Crippen LogP) is 1.52. The Hall–Kier alpha value is -0.770. The highest BCUT2D eigenvalue weighted by molar-refractivity contribution is 5.66. The molecule has 4 heteroatoms. The van der Waals surface area contributed by atoms with E-state index in [1.165, 1.54) is 4.90 Å². The molecule has 14 heavy (non-hydrogen) atoms. The summed E-state index contributed by atoms with van der Waals surface area (Å²) in [5.74, 6) is 0. The Labute approximate surface area is 85.3 Å². The molecule has 0 saturated carbocycles. The Kier molecular flexibility index (Phi) is 3.37. The molecule has 1 aliphatic rings. The van der Waals surface area contributed by atoms with Crippen molar-refractivity contribution < 1.29 is 9.90 Å². The SMILES string of the molecule is CC(C)(C)N(C[C@H]1CCCN1)C(=O)O. The van der Waals surface area contributed by atoms with E-state index in [2.05, 4.69) is 5.32 Å². The van der Waals surface area contributed by atoms with Crippen molar-refractivity contribution >= 4 is 6.09 Å². The lowest BCUT2D eigenvalue weighted by Crippen LogP contribution is -2.50. The van der Waals surface area contributed by atoms with Crippen LogP contribution in [0.25, 0.3) is 0 Å². The first-order valence-electron chi connectivity index (χ1n) is 5.15. The molecule has 0 aromatic carbocycles. The summed E-state index contributed by atoms with van der Waals surface area (Å²) < 4.78 is 0. The third-order valence-corrected chi connectivity index (χ3v) is 2.61. The van der Waals surface area contributed by atoms with Crippen molar-refractivity contribution in [2.45, 2.75) is 45.2 Å². The zero-order chi connectivity index (χ0) is 10.8. The Morgan fingerprint density at radius 1 is 1.57 bits per heavy atom. The van der Waals surface area contributed by atoms with Gasteiger partial charge >= 0.3 is 6.09 Å². The van der Waals surface area contributed by atoms with Crippen molar-refractivity contribution in [3.05, 3.63) is 0 Å². The van der Waals surface area contributed by atoms with E-state index >= 15 is 0 Å². The molecule has 2 N–H and O–H groups in total. The summed E-state index contributed by atoms with van der Waals surface area (Å²) in [6, 6.07) is 0.338. The van der Waals surface area contributed by atoms with E-state index < -0.39 is 6.09 Å². The van der Waals surface area contributed by atoms with Crippen molar-refractivity contribution in [2.75, 3.05) is 13.1 Å². The second-order valence-corrected chi connectivity index (χ2v) is 4.86. The molecule has 1 fully saturated rings. The van der Waals surface area contributed by atoms with E-state index in [-0.39, 0.29) is 5.54 Å². The fraction of sp³-hybridized carbons (Fsp3) is 0.900. The van der Waals surface area contributed by atoms with Crippen LogP contribution in [0.2, 0.25) is 0 Å². The van der Waals surface area contributed by atoms with Crippen LogP contribution in [0.4, 0.5) is 4.79 Å². The highest BCUT2D eigenvalue weighted by Gasteiger charge is 2.29. The van der Waals surface area contributed by atoms with Crippen LogP contribution in [0.5, 0.6) is 0 Å². The first-order valence-corrected chi connectivity index (χ1v) is 5.15. The zero-order valence-electron chi connectivity index (χ0n) is 9.21. The molecule has 0 aromatic rings. The second-order valence-electron chi connectivity index (χ2n) is 4.86. The normalized spacial score (nSPS) is 22.4. The molecule has 0 aliphatic carbocycles. The van der Waals surface area contributed by atoms with Gasteiger partial charge in [-0.05, 0) is 40.2 Å². The molecule has 82 valence electrons. The third kappa shape index (κ3) is 2.87. The van der Waals surface area contributed by atoms with Gasteiger partial charge in [-0.3, -0.25) is 0 Å². The van der Waals surface area contributed by atoms with Gasteiger partial charge in [-0.15, -0.1) is 0 Å². The van der Waals surface area contributed by atoms with Gasteiger partial charge in [-0.1, -0.05) is 0 Å². The first-order chi connectivity index (χ1) is 6.41. The Balaban J connectivity index is 2.55. The van der Waals surface area contributed by atoms with Crippen LogP contribution in [0, 0.1) is 0 Å². The Morgan fingerprint density at radius 3 is 2.57 bits per heavy atom. The summed E-state index contributed by atoms with van der Waals surface area (Å²) in [6.45, 7) is 7.39. The quantitative estimate of drug-likeness (QED) is 0.710. The number of hydrogen-bond acceptors (Lipinski definition) is 2. The molecule has 0 unspecified atom stereocenters. The van der Waals surface area contributed by atoms with Crippen LogP contribution in [0.1, 0.15) is 33.6 Å². The van der Waals surface area contributed by atoms with Crippen LogP contribution in [-0.4, -0.2) is 40.8 Å². The maximum Gasteiger partial charge on any atom is 0.407 e. The number of nitrogens with zero attached hydrogens (tertiary/aromatic N) is 1. The molecule has 0 bridgehead atoms. The summed E-state index contributed by atoms with van der Waals surface area (Å²) in [5.41, 5.74) is -0.309. The van der Waals surface area contributed by atoms with Crippen molar-refractivity contribution in [3.8, 4) is 0 Å². The average Bonchev–Trinajstić information content (AvgIpc) is 2.48. The molecule has 1 aliphatic heterocycles. The van der Waals surface area contributed by atoms with Gasteiger partial charge in [0.1, 0.15) is 0 Å². The van der Waals surface area contributed by atoms with E-state index in [0.29, 0.717) is 12.6 Å². The fourth-order valence-corrected chi connectivity index (χ4v) is 1.77. The van der Waals surface area contributed by atoms with Crippen LogP contribution < -0.4 is 5.32 Å². The van der Waals surface area contributed by atoms with Gasteiger partial charge in [-0.2, -0.15) is 0 Å². The minimum Gasteiger partial charge on any atom is -0.465 e. The standard InChI is InChI=1S/C10H20N2O2/c1-10(2,3)12(9(13)14)7-8-5-4-6-11-8/h8,11H,4-7H2,1-3H3,(H,13,14)/t8-/m1/s1. The van der Waals surface area contributed by atoms with E-state index in [4.69, 9.17) is 5.11 Å². The minimum atomic E-state index is -0.828. The molecule has 4 nitrogen and oxygen atoms in total. The van der Waals surface area contributed by atoms with Crippen molar-refractivity contribution in [3.63, 3.8) is 0 Å². The second kappa shape index (κ2) is 4.17. The molecular formula is C10H20N2O2. The van der Waals surface area contributed by atoms with Crippen LogP contribution in [-0.2, 0) is 0 Å². The number of carboxylic acid groups (broad SMARTS) is 1. The molecule has 0 aromatic heterocycles. The van der Waals surface area contributed by atoms with Crippen molar-refractivity contribution in [1.82, 2.24) is 10.2 Å². The summed E-state index contributed by atoms with van der Waals surface area (Å²) in [5, 5.41) is 12.4. The smallest absolute Gasteiger partial charge is 0.407 e. The van der Waals surface area contributed by atoms with Gasteiger partial charge in [0, 0.05) is 18.1 Å². The van der Waals surface area contributed by atoms with E-state index in [0.717, 1.165) is 19.4 Å². The minimum absolute atomic E-state index is 0.309. The van der Waals surface area contributed by atoms with E-state index in [1.807, 2.05) is 20.8 Å². The number of rotatable bonds is 2. The predicted molar refractivity (Wildman–Crippen MR) is 55.5 cm³/mol. The van der Waals surface area contributed by atoms with Gasteiger partial charge in [0.2, 0.25) is 0 Å². The third-order valence-electron chi connectivity index (χ3n) is 2.61. The molecular weight excluding hydrogens is 180 g/mol. The topological polar surface area (TPSA) is 52.6 Å². The monoisotopic (exact) mass is 200 g/mol. The summed E-state index contributed by atoms with van der Waals surface area (Å²) >= 11 is 0. The largest absolute Gasteiger partial charge is 0.465 e. The van der Waals surface area contributed by atoms with Crippen LogP contribution in [0.3, 0.4) is 0 Å². The van der Waals surface area contributed by atoms with E-state index in [9.17, 15) is 4.79 Å². The summed E-state index contributed by atoms with van der Waals surface area (Å²) in [6.07, 6.45) is 1.41. The molecule has 1 atom stereocenters. The summed E-state index contributed by atoms with van der Waals surface area (Å²) in [7, 11) is 0. The molecule has 1 saturated heterocycles. The lowest BCUT2D eigenvalue weighted by atomic mass is 10.1. The molecule has 0 spiro atoms. The van der Waals surface area contributed by atoms with Crippen LogP contribution in [0.15, 0.2) is 0 Å². The molecule has 1 amide bonds. The lowest BCUT2D eigenvalue weighted by Gasteiger charge is -2.35. The number of hydrogen-bond donors (Lipinski definition) is 2. The highest BCUT2D eigenvalue weighted by Crippen LogP contribution is 2.16. The van der Waals surface area contributed by atoms with E-state index in [1.54, 1.807) is 0 Å². The van der Waals surface area contributed by atoms with Gasteiger partial charge in [0.25, 0.3) is 0 Å². The number of amides is 1. The maximum absolute atomic E-state index is 11.0. The zero-order valence-corrected chi connectivity index (χ0v) is 9.21. The number of carbonyl (C=O) groups is 1. The van der Waals surface area contributed by atoms with Gasteiger partial charge in [0.15, 0.2) is 0 Å². The maximum atomic E-state index is 11.0.